The fourth-order valence-electron chi connectivity index (χ4n) is 3.02. The van der Waals surface area contributed by atoms with Gasteiger partial charge in [-0.2, -0.15) is 0 Å². The first-order valence-corrected chi connectivity index (χ1v) is 8.96. The van der Waals surface area contributed by atoms with Crippen LogP contribution in [0, 0.1) is 0 Å². The summed E-state index contributed by atoms with van der Waals surface area (Å²) in [6, 6.07) is 8.43. The Morgan fingerprint density at radius 1 is 1.25 bits per heavy atom. The zero-order valence-corrected chi connectivity index (χ0v) is 15.7. The van der Waals surface area contributed by atoms with E-state index in [0.29, 0.717) is 32.0 Å². The first-order chi connectivity index (χ1) is 11.1. The van der Waals surface area contributed by atoms with E-state index in [1.807, 2.05) is 20.8 Å². The Hall–Kier alpha value is -1.39. The Morgan fingerprint density at radius 2 is 1.88 bits per heavy atom. The van der Waals surface area contributed by atoms with Crippen molar-refractivity contribution in [2.75, 3.05) is 13.1 Å². The molecule has 24 heavy (non-hydrogen) atoms. The lowest BCUT2D eigenvalue weighted by atomic mass is 9.90. The van der Waals surface area contributed by atoms with E-state index in [2.05, 4.69) is 43.4 Å². The molecule has 1 heterocycles. The minimum Gasteiger partial charge on any atom is -0.379 e. The molecule has 0 aromatic heterocycles. The zero-order chi connectivity index (χ0) is 18.0. The maximum Gasteiger partial charge on any atom is 0.256 e. The second-order valence-electron chi connectivity index (χ2n) is 8.36. The fraction of sp³-hybridized carbons (Fsp3) is 0.650. The van der Waals surface area contributed by atoms with E-state index in [-0.39, 0.29) is 11.4 Å². The smallest absolute Gasteiger partial charge is 0.256 e. The average molecular weight is 332 g/mol. The first kappa shape index (κ1) is 18.9. The van der Waals surface area contributed by atoms with Crippen LogP contribution < -0.4 is 5.32 Å². The number of nitrogens with zero attached hydrogens (tertiary/aromatic N) is 1. The summed E-state index contributed by atoms with van der Waals surface area (Å²) in [5.41, 5.74) is 1.00. The van der Waals surface area contributed by atoms with Gasteiger partial charge in [0, 0.05) is 25.2 Å². The van der Waals surface area contributed by atoms with Crippen molar-refractivity contribution < 1.29 is 9.90 Å². The minimum absolute atomic E-state index is 0.120. The van der Waals surface area contributed by atoms with Crippen LogP contribution in [0.15, 0.2) is 24.3 Å². The minimum atomic E-state index is -1.29. The van der Waals surface area contributed by atoms with E-state index in [9.17, 15) is 9.90 Å². The summed E-state index contributed by atoms with van der Waals surface area (Å²) in [6.07, 6.45) is 1.36. The Morgan fingerprint density at radius 3 is 2.42 bits per heavy atom. The molecule has 2 rings (SSSR count). The second-order valence-corrected chi connectivity index (χ2v) is 8.36. The largest absolute Gasteiger partial charge is 0.379 e. The number of benzene rings is 1. The molecular formula is C20H32N2O2. The van der Waals surface area contributed by atoms with Crippen molar-refractivity contribution >= 4 is 5.91 Å². The van der Waals surface area contributed by atoms with Gasteiger partial charge < -0.3 is 15.3 Å². The van der Waals surface area contributed by atoms with E-state index >= 15 is 0 Å². The molecule has 1 aliphatic heterocycles. The summed E-state index contributed by atoms with van der Waals surface area (Å²) in [4.78, 5) is 14.6. The van der Waals surface area contributed by atoms with Crippen LogP contribution in [-0.4, -0.2) is 40.1 Å². The van der Waals surface area contributed by atoms with Crippen LogP contribution in [0.3, 0.4) is 0 Å². The number of nitrogens with one attached hydrogen (secondary N) is 1. The summed E-state index contributed by atoms with van der Waals surface area (Å²) in [6.45, 7) is 12.0. The zero-order valence-electron chi connectivity index (χ0n) is 15.7. The number of β-amino-alcohol motifs (C(OH)–C–C–N with tert-alkyl or cyclic N) is 1. The van der Waals surface area contributed by atoms with Gasteiger partial charge in [0.1, 0.15) is 0 Å². The highest BCUT2D eigenvalue weighted by Crippen LogP contribution is 2.25. The Balaban J connectivity index is 2.04. The lowest BCUT2D eigenvalue weighted by molar-refractivity contribution is -0.157. The van der Waals surface area contributed by atoms with Crippen molar-refractivity contribution in [2.45, 2.75) is 71.1 Å². The van der Waals surface area contributed by atoms with Crippen molar-refractivity contribution in [3.05, 3.63) is 35.4 Å². The number of hydrogen-bond donors (Lipinski definition) is 2. The van der Waals surface area contributed by atoms with Gasteiger partial charge in [-0.3, -0.25) is 4.79 Å². The third kappa shape index (κ3) is 4.81. The van der Waals surface area contributed by atoms with Crippen LogP contribution in [0.2, 0.25) is 0 Å². The van der Waals surface area contributed by atoms with Crippen molar-refractivity contribution in [1.29, 1.82) is 0 Å². The molecule has 134 valence electrons. The topological polar surface area (TPSA) is 52.6 Å². The SMILES string of the molecule is CC(C)c1ccc(CN2CCC[C@](O)(CNC(C)(C)C)C2=O)cc1. The molecule has 1 fully saturated rings. The van der Waals surface area contributed by atoms with Gasteiger partial charge in [-0.1, -0.05) is 38.1 Å². The lowest BCUT2D eigenvalue weighted by Gasteiger charge is -2.39. The van der Waals surface area contributed by atoms with Crippen LogP contribution in [-0.2, 0) is 11.3 Å². The standard InChI is InChI=1S/C20H32N2O2/c1-15(2)17-9-7-16(8-10-17)13-22-12-6-11-20(24,18(22)23)14-21-19(3,4)5/h7-10,15,21,24H,6,11-14H2,1-5H3/t20-/m0/s1. The number of piperidine rings is 1. The van der Waals surface area contributed by atoms with Gasteiger partial charge in [-0.25, -0.2) is 0 Å². The van der Waals surface area contributed by atoms with Crippen LogP contribution in [0.1, 0.15) is 64.5 Å². The number of aliphatic hydroxyl groups is 1. The summed E-state index contributed by atoms with van der Waals surface area (Å²) in [5.74, 6) is 0.350. The van der Waals surface area contributed by atoms with Gasteiger partial charge in [0.2, 0.25) is 0 Å². The molecule has 1 saturated heterocycles. The van der Waals surface area contributed by atoms with Crippen LogP contribution >= 0.6 is 0 Å². The molecule has 0 spiro atoms. The third-order valence-corrected chi connectivity index (χ3v) is 4.63. The van der Waals surface area contributed by atoms with Crippen molar-refractivity contribution in [2.24, 2.45) is 0 Å². The molecule has 4 heteroatoms. The van der Waals surface area contributed by atoms with Gasteiger partial charge in [-0.05, 0) is 50.7 Å². The summed E-state index contributed by atoms with van der Waals surface area (Å²) in [7, 11) is 0. The predicted octanol–water partition coefficient (Wildman–Crippen LogP) is 3.05. The predicted molar refractivity (Wildman–Crippen MR) is 97.9 cm³/mol. The first-order valence-electron chi connectivity index (χ1n) is 8.96. The molecule has 1 amide bonds. The van der Waals surface area contributed by atoms with Crippen LogP contribution in [0.5, 0.6) is 0 Å². The number of amides is 1. The van der Waals surface area contributed by atoms with Gasteiger partial charge in [0.15, 0.2) is 5.60 Å². The number of carbonyl (C=O) groups excluding carboxylic acids is 1. The highest BCUT2D eigenvalue weighted by atomic mass is 16.3. The molecule has 0 radical (unpaired) electrons. The number of carbonyl (C=O) groups is 1. The second kappa shape index (κ2) is 7.24. The van der Waals surface area contributed by atoms with Crippen molar-refractivity contribution in [3.8, 4) is 0 Å². The molecule has 1 aliphatic rings. The number of likely N-dealkylation sites (tertiary alicyclic amines) is 1. The van der Waals surface area contributed by atoms with Gasteiger partial charge in [0.25, 0.3) is 5.91 Å². The van der Waals surface area contributed by atoms with Crippen LogP contribution in [0.25, 0.3) is 0 Å². The highest BCUT2D eigenvalue weighted by Gasteiger charge is 2.42. The Bertz CT molecular complexity index is 560. The van der Waals surface area contributed by atoms with E-state index in [1.165, 1.54) is 5.56 Å². The monoisotopic (exact) mass is 332 g/mol. The quantitative estimate of drug-likeness (QED) is 0.871. The van der Waals surface area contributed by atoms with Gasteiger partial charge in [-0.15, -0.1) is 0 Å². The maximum atomic E-state index is 12.8. The maximum absolute atomic E-state index is 12.8. The molecule has 0 saturated carbocycles. The fourth-order valence-corrected chi connectivity index (χ4v) is 3.02. The highest BCUT2D eigenvalue weighted by molar-refractivity contribution is 5.86. The van der Waals surface area contributed by atoms with Gasteiger partial charge in [0.05, 0.1) is 0 Å². The van der Waals surface area contributed by atoms with Crippen molar-refractivity contribution in [1.82, 2.24) is 10.2 Å². The molecule has 1 aromatic carbocycles. The number of hydrogen-bond acceptors (Lipinski definition) is 3. The molecule has 0 aliphatic carbocycles. The summed E-state index contributed by atoms with van der Waals surface area (Å²) < 4.78 is 0. The molecule has 1 aromatic rings. The molecule has 0 unspecified atom stereocenters. The lowest BCUT2D eigenvalue weighted by Crippen LogP contribution is -2.59. The molecule has 2 N–H and O–H groups in total. The van der Waals surface area contributed by atoms with E-state index < -0.39 is 5.60 Å². The average Bonchev–Trinajstić information content (AvgIpc) is 2.50. The Labute approximate surface area is 146 Å². The van der Waals surface area contributed by atoms with E-state index in [4.69, 9.17) is 0 Å². The molecular weight excluding hydrogens is 300 g/mol. The van der Waals surface area contributed by atoms with Crippen LogP contribution in [0.4, 0.5) is 0 Å². The normalized spacial score (nSPS) is 22.3. The van der Waals surface area contributed by atoms with Gasteiger partial charge >= 0.3 is 0 Å². The van der Waals surface area contributed by atoms with Crippen molar-refractivity contribution in [3.63, 3.8) is 0 Å². The molecule has 0 bridgehead atoms. The number of rotatable bonds is 5. The van der Waals surface area contributed by atoms with E-state index in [1.54, 1.807) is 4.90 Å². The third-order valence-electron chi connectivity index (χ3n) is 4.63. The summed E-state index contributed by atoms with van der Waals surface area (Å²) >= 11 is 0. The Kier molecular flexibility index (Phi) is 5.71. The molecule has 4 nitrogen and oxygen atoms in total. The summed E-state index contributed by atoms with van der Waals surface area (Å²) in [5, 5.41) is 14.1. The molecule has 1 atom stereocenters. The van der Waals surface area contributed by atoms with E-state index in [0.717, 1.165) is 12.0 Å².